The molecule has 1 aromatic rings. The van der Waals surface area contributed by atoms with Crippen molar-refractivity contribution in [3.05, 3.63) is 58.9 Å². The van der Waals surface area contributed by atoms with Crippen molar-refractivity contribution in [2.75, 3.05) is 27.2 Å². The van der Waals surface area contributed by atoms with E-state index in [1.54, 1.807) is 7.11 Å². The van der Waals surface area contributed by atoms with Crippen molar-refractivity contribution in [3.8, 4) is 5.75 Å². The van der Waals surface area contributed by atoms with Gasteiger partial charge in [-0.2, -0.15) is 0 Å². The van der Waals surface area contributed by atoms with Crippen molar-refractivity contribution in [2.24, 2.45) is 0 Å². The number of benzene rings is 1. The molecule has 26 heavy (non-hydrogen) atoms. The highest BCUT2D eigenvalue weighted by Crippen LogP contribution is 2.35. The number of likely N-dealkylation sites (tertiary alicyclic amines) is 1. The molecule has 1 N–H and O–H groups in total. The van der Waals surface area contributed by atoms with Gasteiger partial charge in [0.2, 0.25) is 0 Å². The molecular weight excluding hydrogens is 322 g/mol. The zero-order valence-corrected chi connectivity index (χ0v) is 16.3. The predicted octanol–water partition coefficient (Wildman–Crippen LogP) is 3.38. The van der Waals surface area contributed by atoms with Gasteiger partial charge in [0.1, 0.15) is 5.75 Å². The molecule has 2 fully saturated rings. The highest BCUT2D eigenvalue weighted by atomic mass is 16.5. The van der Waals surface area contributed by atoms with E-state index in [0.717, 1.165) is 31.1 Å². The Hall–Kier alpha value is -2.04. The molecule has 4 rings (SSSR count). The Morgan fingerprint density at radius 1 is 1.31 bits per heavy atom. The second-order valence-electron chi connectivity index (χ2n) is 7.78. The monoisotopic (exact) mass is 351 g/mol. The van der Waals surface area contributed by atoms with Gasteiger partial charge >= 0.3 is 0 Å². The van der Waals surface area contributed by atoms with Crippen LogP contribution in [0.5, 0.6) is 5.75 Å². The number of methoxy groups -OCH3 is 1. The Morgan fingerprint density at radius 3 is 2.77 bits per heavy atom. The summed E-state index contributed by atoms with van der Waals surface area (Å²) < 4.78 is 5.76. The summed E-state index contributed by atoms with van der Waals surface area (Å²) in [4.78, 5) is 4.75. The average Bonchev–Trinajstić information content (AvgIpc) is 3.26. The Labute approximate surface area is 156 Å². The maximum atomic E-state index is 5.76. The standard InChI is InChI=1S/C22H29N3O/c1-14-8-21(16(3)24(4)15(14)2)17-6-7-18(22(9-17)26-5)12-25-13-19-10-20(25)11-23-19/h6-9,19-20,23H,2,10-13H2,1,3-5H3. The maximum absolute atomic E-state index is 5.76. The molecule has 3 aliphatic heterocycles. The lowest BCUT2D eigenvalue weighted by atomic mass is 9.95. The van der Waals surface area contributed by atoms with E-state index in [1.807, 2.05) is 0 Å². The molecular formula is C22H29N3O. The summed E-state index contributed by atoms with van der Waals surface area (Å²) in [5, 5.41) is 3.57. The number of hydrogen-bond donors (Lipinski definition) is 1. The first-order chi connectivity index (χ1) is 12.5. The van der Waals surface area contributed by atoms with Crippen molar-refractivity contribution in [1.29, 1.82) is 0 Å². The second-order valence-corrected chi connectivity index (χ2v) is 7.78. The van der Waals surface area contributed by atoms with E-state index in [0.29, 0.717) is 12.1 Å². The molecule has 4 nitrogen and oxygen atoms in total. The molecule has 0 spiro atoms. The van der Waals surface area contributed by atoms with E-state index in [1.165, 1.54) is 34.4 Å². The molecule has 0 amide bonds. The van der Waals surface area contributed by atoms with Crippen molar-refractivity contribution < 1.29 is 4.74 Å². The first-order valence-corrected chi connectivity index (χ1v) is 9.45. The summed E-state index contributed by atoms with van der Waals surface area (Å²) >= 11 is 0. The van der Waals surface area contributed by atoms with Crippen LogP contribution < -0.4 is 10.1 Å². The molecule has 2 unspecified atom stereocenters. The lowest BCUT2D eigenvalue weighted by Gasteiger charge is -2.30. The topological polar surface area (TPSA) is 27.7 Å². The van der Waals surface area contributed by atoms with E-state index in [9.17, 15) is 0 Å². The molecule has 138 valence electrons. The maximum Gasteiger partial charge on any atom is 0.123 e. The van der Waals surface area contributed by atoms with Crippen molar-refractivity contribution in [3.63, 3.8) is 0 Å². The molecule has 0 aromatic heterocycles. The largest absolute Gasteiger partial charge is 0.496 e. The predicted molar refractivity (Wildman–Crippen MR) is 107 cm³/mol. The normalized spacial score (nSPS) is 25.9. The van der Waals surface area contributed by atoms with Crippen LogP contribution in [0.15, 0.2) is 47.8 Å². The number of nitrogens with one attached hydrogen (secondary N) is 1. The van der Waals surface area contributed by atoms with Crippen LogP contribution >= 0.6 is 0 Å². The van der Waals surface area contributed by atoms with Crippen LogP contribution in [0.3, 0.4) is 0 Å². The van der Waals surface area contributed by atoms with Crippen LogP contribution in [0.4, 0.5) is 0 Å². The number of likely N-dealkylation sites (N-methyl/N-ethyl adjacent to an activating group) is 1. The first-order valence-electron chi connectivity index (χ1n) is 9.45. The van der Waals surface area contributed by atoms with Gasteiger partial charge in [0, 0.05) is 61.3 Å². The van der Waals surface area contributed by atoms with E-state index < -0.39 is 0 Å². The molecule has 2 saturated heterocycles. The van der Waals surface area contributed by atoms with Gasteiger partial charge in [-0.1, -0.05) is 18.7 Å². The smallest absolute Gasteiger partial charge is 0.123 e. The summed E-state index contributed by atoms with van der Waals surface area (Å²) in [5.41, 5.74) is 7.21. The third kappa shape index (κ3) is 2.87. The molecule has 0 radical (unpaired) electrons. The highest BCUT2D eigenvalue weighted by Gasteiger charge is 2.37. The molecule has 3 aliphatic rings. The minimum atomic E-state index is 0.678. The number of rotatable bonds is 4. The quantitative estimate of drug-likeness (QED) is 0.900. The third-order valence-corrected chi connectivity index (χ3v) is 6.26. The minimum absolute atomic E-state index is 0.678. The van der Waals surface area contributed by atoms with E-state index in [4.69, 9.17) is 4.74 Å². The van der Waals surface area contributed by atoms with Crippen LogP contribution in [0, 0.1) is 0 Å². The van der Waals surface area contributed by atoms with Gasteiger partial charge in [-0.05, 0) is 43.5 Å². The summed E-state index contributed by atoms with van der Waals surface area (Å²) in [6, 6.07) is 8.01. The number of piperazine rings is 1. The lowest BCUT2D eigenvalue weighted by molar-refractivity contribution is 0.215. The molecule has 2 atom stereocenters. The molecule has 0 saturated carbocycles. The van der Waals surface area contributed by atoms with Crippen LogP contribution in [-0.4, -0.2) is 49.1 Å². The van der Waals surface area contributed by atoms with E-state index in [-0.39, 0.29) is 0 Å². The third-order valence-electron chi connectivity index (χ3n) is 6.26. The Bertz CT molecular complexity index is 808. The number of fused-ring (bicyclic) bond motifs is 2. The number of ether oxygens (including phenoxy) is 1. The summed E-state index contributed by atoms with van der Waals surface area (Å²) in [7, 11) is 3.85. The Morgan fingerprint density at radius 2 is 2.12 bits per heavy atom. The van der Waals surface area contributed by atoms with Crippen molar-refractivity contribution in [2.45, 2.75) is 38.9 Å². The Kier molecular flexibility index (Phi) is 4.41. The van der Waals surface area contributed by atoms with Crippen LogP contribution in [0.25, 0.3) is 5.57 Å². The van der Waals surface area contributed by atoms with Gasteiger partial charge < -0.3 is 15.0 Å². The zero-order valence-electron chi connectivity index (χ0n) is 16.3. The van der Waals surface area contributed by atoms with Gasteiger partial charge in [0.05, 0.1) is 7.11 Å². The molecule has 4 heteroatoms. The van der Waals surface area contributed by atoms with Gasteiger partial charge in [-0.15, -0.1) is 0 Å². The van der Waals surface area contributed by atoms with Gasteiger partial charge in [-0.3, -0.25) is 4.90 Å². The van der Waals surface area contributed by atoms with Crippen LogP contribution in [-0.2, 0) is 6.54 Å². The van der Waals surface area contributed by atoms with Crippen molar-refractivity contribution in [1.82, 2.24) is 15.1 Å². The summed E-state index contributed by atoms with van der Waals surface area (Å²) in [6.45, 7) is 11.7. The average molecular weight is 351 g/mol. The zero-order chi connectivity index (χ0) is 18.4. The number of hydrogen-bond acceptors (Lipinski definition) is 4. The fourth-order valence-electron chi connectivity index (χ4n) is 4.45. The molecule has 3 heterocycles. The van der Waals surface area contributed by atoms with E-state index >= 15 is 0 Å². The fraction of sp³-hybridized carbons (Fsp3) is 0.455. The number of nitrogens with zero attached hydrogens (tertiary/aromatic N) is 2. The molecule has 2 bridgehead atoms. The van der Waals surface area contributed by atoms with Crippen LogP contribution in [0.2, 0.25) is 0 Å². The van der Waals surface area contributed by atoms with Gasteiger partial charge in [-0.25, -0.2) is 0 Å². The highest BCUT2D eigenvalue weighted by molar-refractivity contribution is 5.80. The summed E-state index contributed by atoms with van der Waals surface area (Å²) in [6.07, 6.45) is 3.52. The van der Waals surface area contributed by atoms with Crippen LogP contribution in [0.1, 0.15) is 31.4 Å². The van der Waals surface area contributed by atoms with Gasteiger partial charge in [0.15, 0.2) is 0 Å². The minimum Gasteiger partial charge on any atom is -0.496 e. The molecule has 0 aliphatic carbocycles. The number of allylic oxidation sites excluding steroid dienone is 4. The second kappa shape index (κ2) is 6.60. The fourth-order valence-corrected chi connectivity index (χ4v) is 4.45. The lowest BCUT2D eigenvalue weighted by Crippen LogP contribution is -2.43. The summed E-state index contributed by atoms with van der Waals surface area (Å²) in [5.74, 6) is 0.983. The van der Waals surface area contributed by atoms with Gasteiger partial charge in [0.25, 0.3) is 0 Å². The first kappa shape index (κ1) is 17.4. The Balaban J connectivity index is 1.62. The SMILES string of the molecule is C=C1C(C)=CC(c2ccc(CN3CC4CC3CN4)c(OC)c2)=C(C)N1C. The van der Waals surface area contributed by atoms with E-state index in [2.05, 4.69) is 66.9 Å². The molecule has 1 aromatic carbocycles. The van der Waals surface area contributed by atoms with Crippen molar-refractivity contribution >= 4 is 5.57 Å².